The number of likely N-dealkylation sites (tertiary alicyclic amines) is 1. The van der Waals surface area contributed by atoms with Gasteiger partial charge in [-0.25, -0.2) is 13.4 Å². The van der Waals surface area contributed by atoms with Crippen LogP contribution in [0.15, 0.2) is 35.1 Å². The van der Waals surface area contributed by atoms with Crippen LogP contribution in [0.3, 0.4) is 0 Å². The molecule has 30 heavy (non-hydrogen) atoms. The number of nitrogens with one attached hydrogen (secondary N) is 1. The van der Waals surface area contributed by atoms with Gasteiger partial charge in [-0.1, -0.05) is 18.2 Å². The monoisotopic (exact) mass is 430 g/mol. The first kappa shape index (κ1) is 20.7. The number of aromatic amines is 1. The Morgan fingerprint density at radius 1 is 1.20 bits per heavy atom. The molecule has 0 saturated carbocycles. The maximum absolute atomic E-state index is 13.1. The van der Waals surface area contributed by atoms with Crippen LogP contribution < -0.4 is 5.56 Å². The predicted molar refractivity (Wildman–Crippen MR) is 113 cm³/mol. The van der Waals surface area contributed by atoms with Gasteiger partial charge in [0.1, 0.15) is 5.82 Å². The Morgan fingerprint density at radius 2 is 1.97 bits per heavy atom. The Balaban J connectivity index is 1.65. The number of sulfonamides is 1. The molecule has 0 bridgehead atoms. The molecule has 1 N–H and O–H groups in total. The second-order valence-electron chi connectivity index (χ2n) is 7.74. The summed E-state index contributed by atoms with van der Waals surface area (Å²) in [5.41, 5.74) is 1.33. The summed E-state index contributed by atoms with van der Waals surface area (Å²) < 4.78 is 25.7. The fraction of sp³-hybridized carbons (Fsp3) is 0.476. The first-order valence-electron chi connectivity index (χ1n) is 10.4. The molecule has 1 fully saturated rings. The molecule has 1 atom stereocenters. The smallest absolute Gasteiger partial charge is 0.255 e. The molecule has 8 nitrogen and oxygen atoms in total. The van der Waals surface area contributed by atoms with Gasteiger partial charge in [0.2, 0.25) is 10.0 Å². The zero-order valence-corrected chi connectivity index (χ0v) is 17.8. The average Bonchev–Trinajstić information content (AvgIpc) is 2.79. The third-order valence-electron chi connectivity index (χ3n) is 5.91. The van der Waals surface area contributed by atoms with E-state index in [0.717, 1.165) is 19.3 Å². The lowest BCUT2D eigenvalue weighted by atomic mass is 9.99. The number of amides is 1. The van der Waals surface area contributed by atoms with Gasteiger partial charge in [-0.15, -0.1) is 0 Å². The molecule has 4 rings (SSSR count). The second kappa shape index (κ2) is 8.31. The zero-order valence-electron chi connectivity index (χ0n) is 17.0. The van der Waals surface area contributed by atoms with Crippen LogP contribution in [0.5, 0.6) is 0 Å². The van der Waals surface area contributed by atoms with Crippen LogP contribution >= 0.6 is 0 Å². The van der Waals surface area contributed by atoms with E-state index in [1.54, 1.807) is 24.0 Å². The van der Waals surface area contributed by atoms with E-state index in [1.165, 1.54) is 4.31 Å². The van der Waals surface area contributed by atoms with E-state index in [0.29, 0.717) is 42.2 Å². The lowest BCUT2D eigenvalue weighted by Crippen LogP contribution is -2.43. The number of carbonyl (C=O) groups is 1. The van der Waals surface area contributed by atoms with Gasteiger partial charge in [-0.3, -0.25) is 9.59 Å². The van der Waals surface area contributed by atoms with Gasteiger partial charge in [0.15, 0.2) is 0 Å². The highest BCUT2D eigenvalue weighted by Gasteiger charge is 2.33. The van der Waals surface area contributed by atoms with E-state index in [9.17, 15) is 18.0 Å². The van der Waals surface area contributed by atoms with Crippen LogP contribution in [-0.2, 0) is 23.0 Å². The third kappa shape index (κ3) is 3.91. The van der Waals surface area contributed by atoms with Crippen molar-refractivity contribution in [2.24, 2.45) is 0 Å². The summed E-state index contributed by atoms with van der Waals surface area (Å²) in [5.74, 6) is 0.431. The fourth-order valence-corrected chi connectivity index (χ4v) is 5.26. The van der Waals surface area contributed by atoms with Crippen LogP contribution in [0.2, 0.25) is 0 Å². The molecular formula is C21H26N4O4S. The van der Waals surface area contributed by atoms with Crippen LogP contribution in [-0.4, -0.2) is 52.3 Å². The van der Waals surface area contributed by atoms with Crippen molar-refractivity contribution in [2.45, 2.75) is 45.2 Å². The third-order valence-corrected chi connectivity index (χ3v) is 7.74. The molecule has 3 heterocycles. The van der Waals surface area contributed by atoms with Crippen molar-refractivity contribution in [3.05, 3.63) is 63.3 Å². The Hall–Kier alpha value is -2.52. The van der Waals surface area contributed by atoms with Crippen molar-refractivity contribution in [1.82, 2.24) is 19.2 Å². The van der Waals surface area contributed by atoms with Crippen molar-refractivity contribution in [2.75, 3.05) is 18.8 Å². The number of hydrogen-bond acceptors (Lipinski definition) is 5. The Labute approximate surface area is 176 Å². The molecule has 1 aromatic carbocycles. The van der Waals surface area contributed by atoms with Crippen molar-refractivity contribution >= 4 is 15.9 Å². The van der Waals surface area contributed by atoms with Crippen LogP contribution in [0, 0.1) is 0 Å². The average molecular weight is 431 g/mol. The summed E-state index contributed by atoms with van der Waals surface area (Å²) in [6.07, 6.45) is 2.99. The zero-order chi connectivity index (χ0) is 21.3. The maximum atomic E-state index is 13.1. The normalized spacial score (nSPS) is 20.0. The van der Waals surface area contributed by atoms with Crippen molar-refractivity contribution < 1.29 is 13.2 Å². The van der Waals surface area contributed by atoms with E-state index in [1.807, 2.05) is 18.2 Å². The summed E-state index contributed by atoms with van der Waals surface area (Å²) in [7, 11) is -3.36. The molecule has 1 aromatic heterocycles. The van der Waals surface area contributed by atoms with Gasteiger partial charge in [-0.05, 0) is 38.3 Å². The molecule has 9 heteroatoms. The van der Waals surface area contributed by atoms with E-state index in [2.05, 4.69) is 4.98 Å². The Bertz CT molecular complexity index is 1100. The summed E-state index contributed by atoms with van der Waals surface area (Å²) in [6, 6.07) is 8.83. The minimum atomic E-state index is -3.36. The van der Waals surface area contributed by atoms with E-state index in [4.69, 9.17) is 4.98 Å². The Morgan fingerprint density at radius 3 is 2.70 bits per heavy atom. The predicted octanol–water partition coefficient (Wildman–Crippen LogP) is 1.85. The largest absolute Gasteiger partial charge is 0.328 e. The summed E-state index contributed by atoms with van der Waals surface area (Å²) in [4.78, 5) is 35.2. The number of carbonyl (C=O) groups excluding carboxylic acids is 1. The van der Waals surface area contributed by atoms with Gasteiger partial charge in [0.25, 0.3) is 11.5 Å². The van der Waals surface area contributed by atoms with Gasteiger partial charge in [-0.2, -0.15) is 4.31 Å². The number of aromatic nitrogens is 2. The number of H-pyrrole nitrogens is 1. The Kier molecular flexibility index (Phi) is 5.75. The topological polar surface area (TPSA) is 103 Å². The van der Waals surface area contributed by atoms with Crippen molar-refractivity contribution in [3.63, 3.8) is 0 Å². The van der Waals surface area contributed by atoms with Crippen molar-refractivity contribution in [3.8, 4) is 0 Å². The van der Waals surface area contributed by atoms with Crippen LogP contribution in [0.25, 0.3) is 0 Å². The number of piperidine rings is 1. The number of nitrogens with zero attached hydrogens (tertiary/aromatic N) is 3. The molecule has 0 radical (unpaired) electrons. The van der Waals surface area contributed by atoms with Crippen LogP contribution in [0.1, 0.15) is 59.7 Å². The SMILES string of the molecule is CCS(=O)(=O)N1CCc2nc([C@H]3CCCCN3C(=O)c3ccccc3)[nH]c(=O)c2C1. The molecule has 0 unspecified atom stereocenters. The number of fused-ring (bicyclic) bond motifs is 1. The first-order valence-corrected chi connectivity index (χ1v) is 12.0. The quantitative estimate of drug-likeness (QED) is 0.797. The molecule has 1 amide bonds. The highest BCUT2D eigenvalue weighted by atomic mass is 32.2. The first-order chi connectivity index (χ1) is 14.4. The molecule has 1 saturated heterocycles. The number of rotatable bonds is 4. The van der Waals surface area contributed by atoms with E-state index in [-0.39, 0.29) is 29.8 Å². The minimum absolute atomic E-state index is 0.00435. The molecule has 160 valence electrons. The van der Waals surface area contributed by atoms with E-state index < -0.39 is 10.0 Å². The summed E-state index contributed by atoms with van der Waals surface area (Å²) in [5, 5.41) is 0. The van der Waals surface area contributed by atoms with E-state index >= 15 is 0 Å². The van der Waals surface area contributed by atoms with Crippen molar-refractivity contribution in [1.29, 1.82) is 0 Å². The number of benzene rings is 1. The molecule has 0 spiro atoms. The summed E-state index contributed by atoms with van der Waals surface area (Å²) in [6.45, 7) is 2.57. The van der Waals surface area contributed by atoms with Gasteiger partial charge in [0.05, 0.1) is 23.1 Å². The molecule has 2 aliphatic heterocycles. The second-order valence-corrected chi connectivity index (χ2v) is 9.99. The lowest BCUT2D eigenvalue weighted by Gasteiger charge is -2.35. The van der Waals surface area contributed by atoms with Gasteiger partial charge < -0.3 is 9.88 Å². The number of hydrogen-bond donors (Lipinski definition) is 1. The van der Waals surface area contributed by atoms with Crippen LogP contribution in [0.4, 0.5) is 0 Å². The molecule has 2 aromatic rings. The highest BCUT2D eigenvalue weighted by Crippen LogP contribution is 2.30. The standard InChI is InChI=1S/C21H26N4O4S/c1-2-30(28,29)24-13-11-17-16(14-24)20(26)23-19(22-17)18-10-6-7-12-25(18)21(27)15-8-4-3-5-9-15/h3-5,8-9,18H,2,6-7,10-14H2,1H3,(H,22,23,26)/t18-/m1/s1. The maximum Gasteiger partial charge on any atom is 0.255 e. The van der Waals surface area contributed by atoms with Gasteiger partial charge >= 0.3 is 0 Å². The molecular weight excluding hydrogens is 404 g/mol. The molecule has 0 aliphatic carbocycles. The van der Waals surface area contributed by atoms with Gasteiger partial charge in [0, 0.05) is 31.6 Å². The molecule has 2 aliphatic rings. The summed E-state index contributed by atoms with van der Waals surface area (Å²) >= 11 is 0. The highest BCUT2D eigenvalue weighted by molar-refractivity contribution is 7.89. The lowest BCUT2D eigenvalue weighted by molar-refractivity contribution is 0.0599. The minimum Gasteiger partial charge on any atom is -0.328 e. The fourth-order valence-electron chi connectivity index (χ4n) is 4.20.